The first kappa shape index (κ1) is 12.1. The molecule has 1 aromatic rings. The number of rotatable bonds is 3. The lowest BCUT2D eigenvalue weighted by molar-refractivity contribution is 0.121. The summed E-state index contributed by atoms with van der Waals surface area (Å²) in [5.41, 5.74) is 0.575. The van der Waals surface area contributed by atoms with Crippen LogP contribution in [0.25, 0.3) is 0 Å². The molecule has 94 valence electrons. The minimum absolute atomic E-state index is 0.0400. The molecule has 3 nitrogen and oxygen atoms in total. The Morgan fingerprint density at radius 1 is 1.29 bits per heavy atom. The monoisotopic (exact) mass is 243 g/mol. The molecule has 0 radical (unpaired) electrons. The van der Waals surface area contributed by atoms with Gasteiger partial charge in [0.2, 0.25) is 5.82 Å². The molecule has 0 saturated carbocycles. The van der Waals surface area contributed by atoms with Gasteiger partial charge in [0.1, 0.15) is 0 Å². The van der Waals surface area contributed by atoms with Crippen molar-refractivity contribution < 1.29 is 18.3 Å². The van der Waals surface area contributed by atoms with E-state index in [0.29, 0.717) is 12.2 Å². The van der Waals surface area contributed by atoms with Crippen molar-refractivity contribution in [1.82, 2.24) is 0 Å². The second-order valence-corrected chi connectivity index (χ2v) is 4.01. The van der Waals surface area contributed by atoms with Crippen molar-refractivity contribution >= 4 is 5.69 Å². The van der Waals surface area contributed by atoms with Crippen molar-refractivity contribution in [2.24, 2.45) is 0 Å². The summed E-state index contributed by atoms with van der Waals surface area (Å²) in [4.78, 5) is 1.94. The number of hydrogen-bond donors (Lipinski definition) is 0. The van der Waals surface area contributed by atoms with Crippen molar-refractivity contribution in [3.05, 3.63) is 23.8 Å². The molecule has 0 bridgehead atoms. The lowest BCUT2D eigenvalue weighted by atomic mass is 10.2. The summed E-state index contributed by atoms with van der Waals surface area (Å²) >= 11 is 0. The minimum Gasteiger partial charge on any atom is -0.491 e. The fraction of sp³-hybridized carbons (Fsp3) is 0.500. The van der Waals surface area contributed by atoms with Crippen LogP contribution in [0.5, 0.6) is 5.75 Å². The van der Waals surface area contributed by atoms with Gasteiger partial charge in [-0.3, -0.25) is 0 Å². The summed E-state index contributed by atoms with van der Waals surface area (Å²) in [5, 5.41) is 0. The maximum absolute atomic E-state index is 13.5. The Balaban J connectivity index is 2.30. The average Bonchev–Trinajstić information content (AvgIpc) is 2.81. The molecule has 0 aliphatic carbocycles. The van der Waals surface area contributed by atoms with E-state index in [2.05, 4.69) is 0 Å². The quantitative estimate of drug-likeness (QED) is 0.812. The summed E-state index contributed by atoms with van der Waals surface area (Å²) in [6, 6.07) is 2.66. The molecule has 1 aromatic carbocycles. The van der Waals surface area contributed by atoms with Crippen LogP contribution in [0.4, 0.5) is 14.5 Å². The zero-order valence-corrected chi connectivity index (χ0v) is 9.87. The average molecular weight is 243 g/mol. The molecule has 1 unspecified atom stereocenters. The number of halogens is 2. The normalized spacial score (nSPS) is 19.8. The van der Waals surface area contributed by atoms with Gasteiger partial charge in [0.15, 0.2) is 11.6 Å². The fourth-order valence-corrected chi connectivity index (χ4v) is 2.10. The molecule has 1 saturated heterocycles. The van der Waals surface area contributed by atoms with Crippen molar-refractivity contribution in [2.45, 2.75) is 12.5 Å². The van der Waals surface area contributed by atoms with Gasteiger partial charge in [-0.25, -0.2) is 4.39 Å². The molecule has 0 N–H and O–H groups in total. The van der Waals surface area contributed by atoms with Gasteiger partial charge in [-0.2, -0.15) is 4.39 Å². The Morgan fingerprint density at radius 3 is 2.65 bits per heavy atom. The lowest BCUT2D eigenvalue weighted by Crippen LogP contribution is -2.23. The molecular formula is C12H15F2NO2. The molecule has 1 aliphatic heterocycles. The van der Waals surface area contributed by atoms with Crippen LogP contribution in [0.3, 0.4) is 0 Å². The maximum Gasteiger partial charge on any atom is 0.202 e. The molecular weight excluding hydrogens is 228 g/mol. The largest absolute Gasteiger partial charge is 0.491 e. The van der Waals surface area contributed by atoms with Gasteiger partial charge in [-0.05, 0) is 18.6 Å². The van der Waals surface area contributed by atoms with Crippen LogP contribution >= 0.6 is 0 Å². The smallest absolute Gasteiger partial charge is 0.202 e. The number of hydrogen-bond acceptors (Lipinski definition) is 3. The van der Waals surface area contributed by atoms with E-state index in [1.165, 1.54) is 13.2 Å². The predicted molar refractivity (Wildman–Crippen MR) is 60.5 cm³/mol. The van der Waals surface area contributed by atoms with E-state index in [1.807, 2.05) is 4.90 Å². The van der Waals surface area contributed by atoms with Gasteiger partial charge in [0.25, 0.3) is 0 Å². The van der Waals surface area contributed by atoms with E-state index < -0.39 is 11.6 Å². The van der Waals surface area contributed by atoms with Crippen molar-refractivity contribution in [3.63, 3.8) is 0 Å². The van der Waals surface area contributed by atoms with Crippen LogP contribution in [0.1, 0.15) is 6.42 Å². The molecule has 0 amide bonds. The maximum atomic E-state index is 13.5. The Bertz CT molecular complexity index is 412. The highest BCUT2D eigenvalue weighted by molar-refractivity contribution is 5.60. The molecule has 1 fully saturated rings. The molecule has 1 aliphatic rings. The second-order valence-electron chi connectivity index (χ2n) is 4.01. The highest BCUT2D eigenvalue weighted by Gasteiger charge is 2.26. The topological polar surface area (TPSA) is 21.7 Å². The van der Waals surface area contributed by atoms with E-state index in [-0.39, 0.29) is 11.9 Å². The Hall–Kier alpha value is -1.36. The first-order chi connectivity index (χ1) is 8.17. The van der Waals surface area contributed by atoms with Gasteiger partial charge in [0.05, 0.1) is 18.9 Å². The number of anilines is 1. The van der Waals surface area contributed by atoms with Gasteiger partial charge in [0, 0.05) is 20.2 Å². The lowest BCUT2D eigenvalue weighted by Gasteiger charge is -2.21. The van der Waals surface area contributed by atoms with Crippen LogP contribution in [0.2, 0.25) is 0 Å². The number of methoxy groups -OCH3 is 2. The molecule has 0 aromatic heterocycles. The number of benzene rings is 1. The van der Waals surface area contributed by atoms with Gasteiger partial charge >= 0.3 is 0 Å². The first-order valence-electron chi connectivity index (χ1n) is 5.47. The summed E-state index contributed by atoms with van der Waals surface area (Å²) in [6.07, 6.45) is 1.01. The zero-order chi connectivity index (χ0) is 12.4. The zero-order valence-electron chi connectivity index (χ0n) is 9.87. The Kier molecular flexibility index (Phi) is 3.47. The molecule has 0 spiro atoms. The number of ether oxygens (including phenoxy) is 2. The summed E-state index contributed by atoms with van der Waals surface area (Å²) in [6.45, 7) is 1.41. The predicted octanol–water partition coefficient (Wildman–Crippen LogP) is 2.20. The highest BCUT2D eigenvalue weighted by Crippen LogP contribution is 2.34. The van der Waals surface area contributed by atoms with E-state index in [4.69, 9.17) is 9.47 Å². The van der Waals surface area contributed by atoms with Crippen molar-refractivity contribution in [1.29, 1.82) is 0 Å². The molecule has 1 heterocycles. The summed E-state index contributed by atoms with van der Waals surface area (Å²) < 4.78 is 36.8. The fourth-order valence-electron chi connectivity index (χ4n) is 2.10. The third-order valence-corrected chi connectivity index (χ3v) is 3.05. The van der Waals surface area contributed by atoms with Gasteiger partial charge in [-0.15, -0.1) is 0 Å². The van der Waals surface area contributed by atoms with Crippen LogP contribution < -0.4 is 9.64 Å². The van der Waals surface area contributed by atoms with Gasteiger partial charge < -0.3 is 14.4 Å². The van der Waals surface area contributed by atoms with E-state index >= 15 is 0 Å². The van der Waals surface area contributed by atoms with Crippen LogP contribution in [0, 0.1) is 11.6 Å². The number of nitrogens with zero attached hydrogens (tertiary/aromatic N) is 1. The minimum atomic E-state index is -0.939. The second kappa shape index (κ2) is 4.87. The van der Waals surface area contributed by atoms with Crippen molar-refractivity contribution in [2.75, 3.05) is 32.2 Å². The van der Waals surface area contributed by atoms with Crippen molar-refractivity contribution in [3.8, 4) is 5.75 Å². The Labute approximate surface area is 98.9 Å². The standard InChI is InChI=1S/C12H15F2NO2/c1-16-8-5-6-15(7-8)10-4-3-9(13)11(14)12(10)17-2/h3-4,8H,5-7H2,1-2H3. The SMILES string of the molecule is COc1c(N2CCC(OC)C2)ccc(F)c1F. The van der Waals surface area contributed by atoms with Crippen LogP contribution in [-0.4, -0.2) is 33.4 Å². The first-order valence-corrected chi connectivity index (χ1v) is 5.47. The van der Waals surface area contributed by atoms with Crippen LogP contribution in [-0.2, 0) is 4.74 Å². The van der Waals surface area contributed by atoms with E-state index in [1.54, 1.807) is 7.11 Å². The molecule has 5 heteroatoms. The Morgan fingerprint density at radius 2 is 2.06 bits per heavy atom. The van der Waals surface area contributed by atoms with Gasteiger partial charge in [-0.1, -0.05) is 0 Å². The molecule has 17 heavy (non-hydrogen) atoms. The molecule has 1 atom stereocenters. The molecule has 2 rings (SSSR count). The van der Waals surface area contributed by atoms with Crippen LogP contribution in [0.15, 0.2) is 12.1 Å². The third kappa shape index (κ3) is 2.20. The highest BCUT2D eigenvalue weighted by atomic mass is 19.2. The summed E-state index contributed by atoms with van der Waals surface area (Å²) in [7, 11) is 2.99. The third-order valence-electron chi connectivity index (χ3n) is 3.05. The van der Waals surface area contributed by atoms with E-state index in [0.717, 1.165) is 19.0 Å². The summed E-state index contributed by atoms with van der Waals surface area (Å²) in [5.74, 6) is -1.87. The van der Waals surface area contributed by atoms with E-state index in [9.17, 15) is 8.78 Å².